The first-order valence-corrected chi connectivity index (χ1v) is 10.5. The molecule has 1 aromatic carbocycles. The van der Waals surface area contributed by atoms with Crippen LogP contribution in [0.15, 0.2) is 29.3 Å². The number of guanidine groups is 1. The van der Waals surface area contributed by atoms with Crippen LogP contribution in [0.1, 0.15) is 43.7 Å². The van der Waals surface area contributed by atoms with Gasteiger partial charge in [0.1, 0.15) is 0 Å². The molecular weight excluding hydrogens is 395 g/mol. The Balaban J connectivity index is 1.69. The Morgan fingerprint density at radius 2 is 1.83 bits per heavy atom. The summed E-state index contributed by atoms with van der Waals surface area (Å²) in [7, 11) is 0. The van der Waals surface area contributed by atoms with Crippen molar-refractivity contribution in [2.24, 2.45) is 16.6 Å². The Labute approximate surface area is 176 Å². The van der Waals surface area contributed by atoms with Gasteiger partial charge in [0.2, 0.25) is 5.91 Å². The van der Waals surface area contributed by atoms with E-state index in [9.17, 15) is 18.0 Å². The van der Waals surface area contributed by atoms with Crippen molar-refractivity contribution in [2.75, 3.05) is 32.7 Å². The van der Waals surface area contributed by atoms with Gasteiger partial charge in [0, 0.05) is 19.0 Å². The molecule has 0 bridgehead atoms. The summed E-state index contributed by atoms with van der Waals surface area (Å²) in [6.45, 7) is 6.56. The SMILES string of the molecule is CCNC(=NCc1ccc(C(F)(F)F)cc1)NCCCCN1CCC(C(N)=O)CC1. The first-order chi connectivity index (χ1) is 14.3. The van der Waals surface area contributed by atoms with Crippen molar-refractivity contribution in [3.05, 3.63) is 35.4 Å². The first kappa shape index (κ1) is 24.0. The van der Waals surface area contributed by atoms with Crippen LogP contribution in [0.2, 0.25) is 0 Å². The molecule has 1 heterocycles. The number of aliphatic imine (C=N–C) groups is 1. The van der Waals surface area contributed by atoms with E-state index in [4.69, 9.17) is 5.73 Å². The first-order valence-electron chi connectivity index (χ1n) is 10.5. The number of halogens is 3. The fourth-order valence-corrected chi connectivity index (χ4v) is 3.42. The number of carbonyl (C=O) groups excluding carboxylic acids is 1. The van der Waals surface area contributed by atoms with Gasteiger partial charge < -0.3 is 21.3 Å². The minimum Gasteiger partial charge on any atom is -0.369 e. The summed E-state index contributed by atoms with van der Waals surface area (Å²) in [4.78, 5) is 18.0. The lowest BCUT2D eigenvalue weighted by molar-refractivity contribution is -0.137. The van der Waals surface area contributed by atoms with Gasteiger partial charge in [-0.3, -0.25) is 4.79 Å². The molecule has 0 radical (unpaired) electrons. The maximum absolute atomic E-state index is 12.6. The van der Waals surface area contributed by atoms with Crippen molar-refractivity contribution in [1.82, 2.24) is 15.5 Å². The summed E-state index contributed by atoms with van der Waals surface area (Å²) in [6.07, 6.45) is -0.632. The number of likely N-dealkylation sites (tertiary alicyclic amines) is 1. The molecule has 9 heteroatoms. The van der Waals surface area contributed by atoms with Gasteiger partial charge >= 0.3 is 6.18 Å². The Morgan fingerprint density at radius 1 is 1.17 bits per heavy atom. The monoisotopic (exact) mass is 427 g/mol. The summed E-state index contributed by atoms with van der Waals surface area (Å²) in [5.74, 6) is 0.483. The van der Waals surface area contributed by atoms with Crippen LogP contribution < -0.4 is 16.4 Å². The smallest absolute Gasteiger partial charge is 0.369 e. The number of primary amides is 1. The van der Waals surface area contributed by atoms with E-state index in [1.54, 1.807) is 0 Å². The van der Waals surface area contributed by atoms with Gasteiger partial charge in [-0.2, -0.15) is 13.2 Å². The molecule has 0 spiro atoms. The number of unbranched alkanes of at least 4 members (excludes halogenated alkanes) is 1. The van der Waals surface area contributed by atoms with Gasteiger partial charge in [-0.25, -0.2) is 4.99 Å². The molecule has 0 aromatic heterocycles. The number of rotatable bonds is 9. The van der Waals surface area contributed by atoms with Crippen LogP contribution in [0.25, 0.3) is 0 Å². The van der Waals surface area contributed by atoms with Gasteiger partial charge in [-0.15, -0.1) is 0 Å². The molecule has 2 rings (SSSR count). The normalized spacial score (nSPS) is 16.5. The summed E-state index contributed by atoms with van der Waals surface area (Å²) < 4.78 is 37.9. The van der Waals surface area contributed by atoms with E-state index >= 15 is 0 Å². The van der Waals surface area contributed by atoms with Crippen molar-refractivity contribution < 1.29 is 18.0 Å². The lowest BCUT2D eigenvalue weighted by Crippen LogP contribution is -2.39. The largest absolute Gasteiger partial charge is 0.416 e. The van der Waals surface area contributed by atoms with E-state index in [0.717, 1.165) is 69.6 Å². The highest BCUT2D eigenvalue weighted by Crippen LogP contribution is 2.29. The molecule has 1 aliphatic rings. The third kappa shape index (κ3) is 8.22. The fourth-order valence-electron chi connectivity index (χ4n) is 3.42. The van der Waals surface area contributed by atoms with Gasteiger partial charge in [0.15, 0.2) is 5.96 Å². The van der Waals surface area contributed by atoms with E-state index in [0.29, 0.717) is 19.0 Å². The van der Waals surface area contributed by atoms with Crippen LogP contribution >= 0.6 is 0 Å². The van der Waals surface area contributed by atoms with Crippen molar-refractivity contribution in [3.63, 3.8) is 0 Å². The van der Waals surface area contributed by atoms with Crippen molar-refractivity contribution in [3.8, 4) is 0 Å². The average Bonchev–Trinajstić information content (AvgIpc) is 2.71. The van der Waals surface area contributed by atoms with Gasteiger partial charge in [-0.1, -0.05) is 12.1 Å². The van der Waals surface area contributed by atoms with Crippen LogP contribution in [-0.4, -0.2) is 49.5 Å². The summed E-state index contributed by atoms with van der Waals surface area (Å²) in [6, 6.07) is 5.07. The van der Waals surface area contributed by atoms with Crippen LogP contribution in [0.4, 0.5) is 13.2 Å². The molecule has 0 atom stereocenters. The molecule has 1 aliphatic heterocycles. The maximum atomic E-state index is 12.6. The van der Waals surface area contributed by atoms with Gasteiger partial charge in [-0.05, 0) is 69.9 Å². The average molecular weight is 428 g/mol. The number of amides is 1. The van der Waals surface area contributed by atoms with Crippen LogP contribution in [-0.2, 0) is 17.5 Å². The molecule has 168 valence electrons. The van der Waals surface area contributed by atoms with Crippen molar-refractivity contribution in [1.29, 1.82) is 0 Å². The molecule has 1 fully saturated rings. The zero-order valence-electron chi connectivity index (χ0n) is 17.5. The number of hydrogen-bond acceptors (Lipinski definition) is 3. The molecule has 0 saturated carbocycles. The van der Waals surface area contributed by atoms with E-state index in [2.05, 4.69) is 20.5 Å². The van der Waals surface area contributed by atoms with Gasteiger partial charge in [0.25, 0.3) is 0 Å². The number of piperidine rings is 1. The molecule has 1 aromatic rings. The summed E-state index contributed by atoms with van der Waals surface area (Å²) >= 11 is 0. The second-order valence-corrected chi connectivity index (χ2v) is 7.54. The zero-order chi connectivity index (χ0) is 22.0. The molecule has 1 amide bonds. The zero-order valence-corrected chi connectivity index (χ0v) is 17.5. The fraction of sp³-hybridized carbons (Fsp3) is 0.619. The minimum atomic E-state index is -4.32. The van der Waals surface area contributed by atoms with E-state index in [1.807, 2.05) is 6.92 Å². The number of nitrogens with one attached hydrogen (secondary N) is 2. The molecule has 30 heavy (non-hydrogen) atoms. The Kier molecular flexibility index (Phi) is 9.42. The number of nitrogens with zero attached hydrogens (tertiary/aromatic N) is 2. The van der Waals surface area contributed by atoms with Crippen LogP contribution in [0, 0.1) is 5.92 Å². The standard InChI is InChI=1S/C21H32F3N5O/c1-2-26-20(28-15-16-5-7-18(8-6-16)21(22,23)24)27-11-3-4-12-29-13-9-17(10-14-29)19(25)30/h5-8,17H,2-4,9-15H2,1H3,(H2,25,30)(H2,26,27,28). The third-order valence-corrected chi connectivity index (χ3v) is 5.23. The topological polar surface area (TPSA) is 82.8 Å². The lowest BCUT2D eigenvalue weighted by Gasteiger charge is -2.30. The second-order valence-electron chi connectivity index (χ2n) is 7.54. The summed E-state index contributed by atoms with van der Waals surface area (Å²) in [5.41, 5.74) is 5.43. The van der Waals surface area contributed by atoms with Crippen molar-refractivity contribution >= 4 is 11.9 Å². The lowest BCUT2D eigenvalue weighted by atomic mass is 9.96. The van der Waals surface area contributed by atoms with Gasteiger partial charge in [0.05, 0.1) is 12.1 Å². The van der Waals surface area contributed by atoms with E-state index in [1.165, 1.54) is 12.1 Å². The molecule has 1 saturated heterocycles. The molecule has 0 unspecified atom stereocenters. The predicted molar refractivity (Wildman–Crippen MR) is 112 cm³/mol. The maximum Gasteiger partial charge on any atom is 0.416 e. The quantitative estimate of drug-likeness (QED) is 0.322. The second kappa shape index (κ2) is 11.8. The molecule has 0 aliphatic carbocycles. The Hall–Kier alpha value is -2.29. The molecule has 4 N–H and O–H groups in total. The van der Waals surface area contributed by atoms with Crippen molar-refractivity contribution in [2.45, 2.75) is 45.3 Å². The summed E-state index contributed by atoms with van der Waals surface area (Å²) in [5, 5.41) is 6.41. The molecule has 6 nitrogen and oxygen atoms in total. The van der Waals surface area contributed by atoms with E-state index in [-0.39, 0.29) is 11.8 Å². The number of hydrogen-bond donors (Lipinski definition) is 3. The Bertz CT molecular complexity index is 683. The van der Waals surface area contributed by atoms with Crippen LogP contribution in [0.5, 0.6) is 0 Å². The number of carbonyl (C=O) groups is 1. The Morgan fingerprint density at radius 3 is 2.40 bits per heavy atom. The highest BCUT2D eigenvalue weighted by atomic mass is 19.4. The van der Waals surface area contributed by atoms with E-state index < -0.39 is 11.7 Å². The number of nitrogens with two attached hydrogens (primary N) is 1. The highest BCUT2D eigenvalue weighted by molar-refractivity contribution is 5.79. The predicted octanol–water partition coefficient (Wildman–Crippen LogP) is 2.74. The highest BCUT2D eigenvalue weighted by Gasteiger charge is 2.29. The third-order valence-electron chi connectivity index (χ3n) is 5.23. The molecular formula is C21H32F3N5O. The van der Waals surface area contributed by atoms with Crippen LogP contribution in [0.3, 0.4) is 0 Å². The number of alkyl halides is 3. The number of benzene rings is 1. The minimum absolute atomic E-state index is 0.0199.